The van der Waals surface area contributed by atoms with Gasteiger partial charge in [-0.2, -0.15) is 0 Å². The Morgan fingerprint density at radius 3 is 2.46 bits per heavy atom. The van der Waals surface area contributed by atoms with E-state index in [1.165, 1.54) is 0 Å². The number of aryl methyl sites for hydroxylation is 1. The molecule has 8 heteroatoms. The zero-order valence-corrected chi connectivity index (χ0v) is 12.3. The lowest BCUT2D eigenvalue weighted by atomic mass is 10.2. The van der Waals surface area contributed by atoms with Crippen molar-refractivity contribution in [1.82, 2.24) is 0 Å². The van der Waals surface area contributed by atoms with Crippen LogP contribution in [0.1, 0.15) is 11.1 Å². The maximum Gasteiger partial charge on any atom is 0.573 e. The molecule has 0 unspecified atom stereocenters. The van der Waals surface area contributed by atoms with E-state index in [0.29, 0.717) is 11.8 Å². The van der Waals surface area contributed by atoms with Crippen LogP contribution in [0.4, 0.5) is 23.2 Å². The van der Waals surface area contributed by atoms with Gasteiger partial charge in [0.1, 0.15) is 11.6 Å². The zero-order chi connectivity index (χ0) is 17.7. The molecular weight excluding hydrogens is 330 g/mol. The van der Waals surface area contributed by atoms with E-state index in [9.17, 15) is 22.4 Å². The second-order valence-corrected chi connectivity index (χ2v) is 4.61. The molecule has 24 heavy (non-hydrogen) atoms. The molecule has 0 N–H and O–H groups in total. The predicted molar refractivity (Wildman–Crippen MR) is 77.6 cm³/mol. The number of nitrogens with zero attached hydrogens (tertiary/aromatic N) is 1. The van der Waals surface area contributed by atoms with Crippen molar-refractivity contribution < 1.29 is 31.8 Å². The van der Waals surface area contributed by atoms with E-state index >= 15 is 0 Å². The van der Waals surface area contributed by atoms with Crippen LogP contribution in [0, 0.1) is 12.7 Å². The number of alkyl halides is 3. The molecule has 4 nitrogen and oxygen atoms in total. The summed E-state index contributed by atoms with van der Waals surface area (Å²) in [5.41, 5.74) is 0.881. The highest BCUT2D eigenvalue weighted by Gasteiger charge is 2.31. The quantitative estimate of drug-likeness (QED) is 0.361. The molecule has 0 aromatic heterocycles. The number of para-hydroxylation sites is 1. The van der Waals surface area contributed by atoms with E-state index in [0.717, 1.165) is 17.7 Å². The van der Waals surface area contributed by atoms with E-state index in [-0.39, 0.29) is 17.9 Å². The smallest absolute Gasteiger partial charge is 0.409 e. The second-order valence-electron chi connectivity index (χ2n) is 4.61. The summed E-state index contributed by atoms with van der Waals surface area (Å²) in [4.78, 5) is 14.7. The van der Waals surface area contributed by atoms with Gasteiger partial charge in [-0.3, -0.25) is 4.79 Å². The summed E-state index contributed by atoms with van der Waals surface area (Å²) in [7, 11) is 0. The number of benzene rings is 2. The Morgan fingerprint density at radius 2 is 1.88 bits per heavy atom. The molecule has 0 fully saturated rings. The Bertz CT molecular complexity index is 772. The minimum absolute atomic E-state index is 0.0523. The third-order valence-electron chi connectivity index (χ3n) is 2.90. The van der Waals surface area contributed by atoms with Crippen LogP contribution < -0.4 is 4.74 Å². The van der Waals surface area contributed by atoms with Gasteiger partial charge in [0.25, 0.3) is 6.47 Å². The highest BCUT2D eigenvalue weighted by atomic mass is 19.4. The van der Waals surface area contributed by atoms with Gasteiger partial charge < -0.3 is 9.47 Å². The number of rotatable bonds is 4. The summed E-state index contributed by atoms with van der Waals surface area (Å²) in [5, 5.41) is 0. The SMILES string of the molecule is Cc1ccccc1/N=C(\OC=O)c1ccc(OC(F)(F)F)cc1F. The highest BCUT2D eigenvalue weighted by molar-refractivity contribution is 5.99. The van der Waals surface area contributed by atoms with Crippen LogP contribution in [-0.2, 0) is 9.53 Å². The Balaban J connectivity index is 2.42. The molecule has 0 aliphatic heterocycles. The molecule has 0 heterocycles. The number of hydrogen-bond acceptors (Lipinski definition) is 4. The van der Waals surface area contributed by atoms with E-state index in [1.807, 2.05) is 0 Å². The molecule has 2 rings (SSSR count). The fraction of sp³-hybridized carbons (Fsp3) is 0.125. The average Bonchev–Trinajstić information content (AvgIpc) is 2.47. The third kappa shape index (κ3) is 4.55. The minimum atomic E-state index is -4.94. The van der Waals surface area contributed by atoms with Gasteiger partial charge in [-0.15, -0.1) is 13.2 Å². The minimum Gasteiger partial charge on any atom is -0.409 e. The van der Waals surface area contributed by atoms with Crippen molar-refractivity contribution in [1.29, 1.82) is 0 Å². The van der Waals surface area contributed by atoms with Crippen molar-refractivity contribution in [2.75, 3.05) is 0 Å². The molecule has 0 saturated heterocycles. The first kappa shape index (κ1) is 17.5. The van der Waals surface area contributed by atoms with Crippen molar-refractivity contribution in [3.05, 3.63) is 59.4 Å². The number of carbonyl (C=O) groups excluding carboxylic acids is 1. The number of carbonyl (C=O) groups is 1. The predicted octanol–water partition coefficient (Wildman–Crippen LogP) is 4.28. The molecule has 0 bridgehead atoms. The first-order valence-corrected chi connectivity index (χ1v) is 6.60. The molecule has 0 amide bonds. The topological polar surface area (TPSA) is 47.9 Å². The van der Waals surface area contributed by atoms with Crippen LogP contribution >= 0.6 is 0 Å². The third-order valence-corrected chi connectivity index (χ3v) is 2.90. The lowest BCUT2D eigenvalue weighted by molar-refractivity contribution is -0.274. The molecular formula is C16H11F4NO3. The number of halogens is 4. The van der Waals surface area contributed by atoms with Crippen LogP contribution in [-0.4, -0.2) is 18.7 Å². The summed E-state index contributed by atoms with van der Waals surface area (Å²) >= 11 is 0. The van der Waals surface area contributed by atoms with Gasteiger partial charge in [0.15, 0.2) is 0 Å². The van der Waals surface area contributed by atoms with E-state index in [1.54, 1.807) is 31.2 Å². The summed E-state index contributed by atoms with van der Waals surface area (Å²) in [6.45, 7) is 1.80. The van der Waals surface area contributed by atoms with Crippen LogP contribution in [0.2, 0.25) is 0 Å². The maximum absolute atomic E-state index is 14.1. The van der Waals surface area contributed by atoms with Gasteiger partial charge in [-0.25, -0.2) is 9.38 Å². The number of aliphatic imine (C=N–C) groups is 1. The summed E-state index contributed by atoms with van der Waals surface area (Å²) in [5.74, 6) is -2.19. The monoisotopic (exact) mass is 341 g/mol. The molecule has 126 valence electrons. The number of hydrogen-bond donors (Lipinski definition) is 0. The summed E-state index contributed by atoms with van der Waals surface area (Å²) in [6.07, 6.45) is -4.94. The van der Waals surface area contributed by atoms with Crippen LogP contribution in [0.3, 0.4) is 0 Å². The lowest BCUT2D eigenvalue weighted by Gasteiger charge is -2.11. The summed E-state index contributed by atoms with van der Waals surface area (Å²) in [6, 6.07) is 9.21. The molecule has 0 spiro atoms. The first-order chi connectivity index (χ1) is 11.3. The molecule has 0 saturated carbocycles. The first-order valence-electron chi connectivity index (χ1n) is 6.60. The van der Waals surface area contributed by atoms with Crippen molar-refractivity contribution in [3.8, 4) is 5.75 Å². The Kier molecular flexibility index (Phi) is 5.18. The largest absolute Gasteiger partial charge is 0.573 e. The molecule has 0 aliphatic rings. The van der Waals surface area contributed by atoms with Gasteiger partial charge in [0.05, 0.1) is 11.3 Å². The highest BCUT2D eigenvalue weighted by Crippen LogP contribution is 2.26. The fourth-order valence-electron chi connectivity index (χ4n) is 1.86. The maximum atomic E-state index is 14.1. The molecule has 0 aliphatic carbocycles. The van der Waals surface area contributed by atoms with E-state index in [4.69, 9.17) is 0 Å². The van der Waals surface area contributed by atoms with Crippen LogP contribution in [0.5, 0.6) is 5.75 Å². The van der Waals surface area contributed by atoms with Crippen molar-refractivity contribution in [2.24, 2.45) is 4.99 Å². The van der Waals surface area contributed by atoms with Crippen LogP contribution in [0.15, 0.2) is 47.5 Å². The second kappa shape index (κ2) is 7.12. The van der Waals surface area contributed by atoms with Gasteiger partial charge in [0, 0.05) is 6.07 Å². The fourth-order valence-corrected chi connectivity index (χ4v) is 1.86. The van der Waals surface area contributed by atoms with Gasteiger partial charge in [-0.05, 0) is 30.7 Å². The molecule has 0 radical (unpaired) electrons. The standard InChI is InChI=1S/C16H11F4NO3/c1-10-4-2-3-5-14(10)21-15(23-9-22)12-7-6-11(8-13(12)17)24-16(18,19)20/h2-9H,1H3/b21-15-. The van der Waals surface area contributed by atoms with Crippen molar-refractivity contribution >= 4 is 18.1 Å². The van der Waals surface area contributed by atoms with E-state index in [2.05, 4.69) is 14.5 Å². The average molecular weight is 341 g/mol. The summed E-state index contributed by atoms with van der Waals surface area (Å²) < 4.78 is 58.8. The molecule has 2 aromatic carbocycles. The van der Waals surface area contributed by atoms with E-state index < -0.39 is 17.9 Å². The van der Waals surface area contributed by atoms with Gasteiger partial charge in [-0.1, -0.05) is 18.2 Å². The zero-order valence-electron chi connectivity index (χ0n) is 12.3. The normalized spacial score (nSPS) is 12.0. The molecule has 0 atom stereocenters. The Morgan fingerprint density at radius 1 is 1.17 bits per heavy atom. The Labute approximate surface area is 134 Å². The van der Waals surface area contributed by atoms with Crippen LogP contribution in [0.25, 0.3) is 0 Å². The van der Waals surface area contributed by atoms with Gasteiger partial charge >= 0.3 is 6.36 Å². The van der Waals surface area contributed by atoms with Crippen molar-refractivity contribution in [3.63, 3.8) is 0 Å². The van der Waals surface area contributed by atoms with Gasteiger partial charge in [0.2, 0.25) is 5.90 Å². The van der Waals surface area contributed by atoms with Crippen molar-refractivity contribution in [2.45, 2.75) is 13.3 Å². The lowest BCUT2D eigenvalue weighted by Crippen LogP contribution is -2.17. The number of ether oxygens (including phenoxy) is 2. The molecule has 2 aromatic rings. The Hall–Kier alpha value is -2.90.